The maximum absolute atomic E-state index is 5.26. The van der Waals surface area contributed by atoms with Crippen LogP contribution in [0.15, 0.2) is 0 Å². The number of likely N-dealkylation sites (tertiary alicyclic amines) is 2. The fourth-order valence-electron chi connectivity index (χ4n) is 3.14. The Labute approximate surface area is 111 Å². The number of ether oxygens (including phenoxy) is 2. The Morgan fingerprint density at radius 2 is 1.56 bits per heavy atom. The molecule has 4 heteroatoms. The third kappa shape index (κ3) is 4.19. The van der Waals surface area contributed by atoms with Crippen molar-refractivity contribution >= 4 is 0 Å². The van der Waals surface area contributed by atoms with Gasteiger partial charge in [-0.15, -0.1) is 0 Å². The van der Waals surface area contributed by atoms with Gasteiger partial charge in [-0.2, -0.15) is 0 Å². The van der Waals surface area contributed by atoms with E-state index < -0.39 is 0 Å². The highest BCUT2D eigenvalue weighted by Crippen LogP contribution is 2.20. The lowest BCUT2D eigenvalue weighted by Gasteiger charge is -2.35. The molecular weight excluding hydrogens is 228 g/mol. The summed E-state index contributed by atoms with van der Waals surface area (Å²) < 4.78 is 10.5. The monoisotopic (exact) mass is 256 g/mol. The van der Waals surface area contributed by atoms with Gasteiger partial charge in [0.15, 0.2) is 6.29 Å². The van der Waals surface area contributed by atoms with Crippen molar-refractivity contribution in [2.24, 2.45) is 5.92 Å². The Morgan fingerprint density at radius 3 is 2.11 bits per heavy atom. The zero-order valence-corrected chi connectivity index (χ0v) is 11.9. The molecular formula is C14H28N2O2. The van der Waals surface area contributed by atoms with Gasteiger partial charge < -0.3 is 14.4 Å². The minimum Gasteiger partial charge on any atom is -0.355 e. The minimum absolute atomic E-state index is 0.0693. The third-order valence-corrected chi connectivity index (χ3v) is 4.36. The summed E-state index contributed by atoms with van der Waals surface area (Å²) in [6.45, 7) is 7.28. The van der Waals surface area contributed by atoms with Gasteiger partial charge in [0.1, 0.15) is 0 Å². The second kappa shape index (κ2) is 7.43. The van der Waals surface area contributed by atoms with Gasteiger partial charge in [-0.25, -0.2) is 0 Å². The third-order valence-electron chi connectivity index (χ3n) is 4.36. The van der Waals surface area contributed by atoms with Crippen molar-refractivity contribution in [2.45, 2.75) is 32.0 Å². The summed E-state index contributed by atoms with van der Waals surface area (Å²) in [6.07, 6.45) is 5.40. The molecule has 0 bridgehead atoms. The normalized spacial score (nSPS) is 24.2. The van der Waals surface area contributed by atoms with E-state index in [4.69, 9.17) is 9.47 Å². The van der Waals surface area contributed by atoms with Gasteiger partial charge in [-0.1, -0.05) is 0 Å². The van der Waals surface area contributed by atoms with Crippen LogP contribution >= 0.6 is 0 Å². The van der Waals surface area contributed by atoms with Crippen LogP contribution in [-0.4, -0.2) is 69.6 Å². The molecule has 0 N–H and O–H groups in total. The molecule has 2 saturated heterocycles. The van der Waals surface area contributed by atoms with E-state index in [9.17, 15) is 0 Å². The van der Waals surface area contributed by atoms with Gasteiger partial charge in [0.2, 0.25) is 0 Å². The summed E-state index contributed by atoms with van der Waals surface area (Å²) in [5.41, 5.74) is 0. The fraction of sp³-hybridized carbons (Fsp3) is 1.00. The Bertz CT molecular complexity index is 208. The van der Waals surface area contributed by atoms with Crippen LogP contribution in [0.2, 0.25) is 0 Å². The number of piperidine rings is 1. The van der Waals surface area contributed by atoms with Crippen molar-refractivity contribution < 1.29 is 9.47 Å². The molecule has 0 saturated carbocycles. The van der Waals surface area contributed by atoms with Crippen LogP contribution < -0.4 is 0 Å². The molecule has 0 aliphatic carbocycles. The topological polar surface area (TPSA) is 24.9 Å². The van der Waals surface area contributed by atoms with E-state index in [1.54, 1.807) is 14.2 Å². The molecule has 0 spiro atoms. The fourth-order valence-corrected chi connectivity index (χ4v) is 3.14. The Kier molecular flexibility index (Phi) is 5.89. The number of hydrogen-bond acceptors (Lipinski definition) is 4. The lowest BCUT2D eigenvalue weighted by molar-refractivity contribution is -0.118. The van der Waals surface area contributed by atoms with Crippen LogP contribution in [0.1, 0.15) is 25.7 Å². The Balaban J connectivity index is 1.64. The van der Waals surface area contributed by atoms with Gasteiger partial charge >= 0.3 is 0 Å². The molecule has 0 aromatic rings. The van der Waals surface area contributed by atoms with E-state index in [2.05, 4.69) is 9.80 Å². The van der Waals surface area contributed by atoms with Gasteiger partial charge in [-0.05, 0) is 57.8 Å². The average molecular weight is 256 g/mol. The number of hydrogen-bond donors (Lipinski definition) is 0. The molecule has 0 unspecified atom stereocenters. The zero-order chi connectivity index (χ0) is 12.8. The predicted molar refractivity (Wildman–Crippen MR) is 72.6 cm³/mol. The summed E-state index contributed by atoms with van der Waals surface area (Å²) in [5, 5.41) is 0. The van der Waals surface area contributed by atoms with Crippen molar-refractivity contribution in [3.8, 4) is 0 Å². The number of methoxy groups -OCH3 is 2. The summed E-state index contributed by atoms with van der Waals surface area (Å²) in [7, 11) is 3.43. The number of nitrogens with zero attached hydrogens (tertiary/aromatic N) is 2. The van der Waals surface area contributed by atoms with Crippen molar-refractivity contribution in [3.63, 3.8) is 0 Å². The first-order valence-corrected chi connectivity index (χ1v) is 7.32. The molecule has 2 fully saturated rings. The van der Waals surface area contributed by atoms with Crippen LogP contribution in [0.3, 0.4) is 0 Å². The summed E-state index contributed by atoms with van der Waals surface area (Å²) >= 11 is 0. The number of rotatable bonds is 6. The highest BCUT2D eigenvalue weighted by atomic mass is 16.7. The van der Waals surface area contributed by atoms with Gasteiger partial charge in [0.05, 0.1) is 0 Å². The van der Waals surface area contributed by atoms with Crippen molar-refractivity contribution in [1.82, 2.24) is 9.80 Å². The van der Waals surface area contributed by atoms with E-state index in [1.165, 1.54) is 58.4 Å². The average Bonchev–Trinajstić information content (AvgIpc) is 2.91. The first-order chi connectivity index (χ1) is 8.81. The predicted octanol–water partition coefficient (Wildman–Crippen LogP) is 1.41. The van der Waals surface area contributed by atoms with E-state index in [0.29, 0.717) is 0 Å². The highest BCUT2D eigenvalue weighted by molar-refractivity contribution is 4.77. The SMILES string of the molecule is COC(CN1CCC(CN2CCCC2)CC1)OC. The van der Waals surface area contributed by atoms with Crippen LogP contribution in [0.25, 0.3) is 0 Å². The van der Waals surface area contributed by atoms with Crippen molar-refractivity contribution in [1.29, 1.82) is 0 Å². The van der Waals surface area contributed by atoms with Crippen LogP contribution in [-0.2, 0) is 9.47 Å². The standard InChI is InChI=1S/C14H28N2O2/c1-17-14(18-2)12-16-9-5-13(6-10-16)11-15-7-3-4-8-15/h13-14H,3-12H2,1-2H3. The summed E-state index contributed by atoms with van der Waals surface area (Å²) in [5.74, 6) is 0.905. The second-order valence-corrected chi connectivity index (χ2v) is 5.65. The van der Waals surface area contributed by atoms with Gasteiger partial charge in [0.25, 0.3) is 0 Å². The Morgan fingerprint density at radius 1 is 0.944 bits per heavy atom. The lowest BCUT2D eigenvalue weighted by Crippen LogP contribution is -2.42. The van der Waals surface area contributed by atoms with E-state index in [1.807, 2.05) is 0 Å². The molecule has 0 radical (unpaired) electrons. The molecule has 4 nitrogen and oxygen atoms in total. The van der Waals surface area contributed by atoms with Gasteiger partial charge in [-0.3, -0.25) is 4.90 Å². The summed E-state index contributed by atoms with van der Waals surface area (Å²) in [4.78, 5) is 5.12. The first kappa shape index (κ1) is 14.3. The molecule has 0 aromatic carbocycles. The van der Waals surface area contributed by atoms with Crippen molar-refractivity contribution in [2.75, 3.05) is 53.5 Å². The van der Waals surface area contributed by atoms with Crippen LogP contribution in [0.4, 0.5) is 0 Å². The van der Waals surface area contributed by atoms with E-state index >= 15 is 0 Å². The van der Waals surface area contributed by atoms with Gasteiger partial charge in [0, 0.05) is 27.3 Å². The van der Waals surface area contributed by atoms with E-state index in [0.717, 1.165) is 12.5 Å². The second-order valence-electron chi connectivity index (χ2n) is 5.65. The molecule has 0 atom stereocenters. The molecule has 0 amide bonds. The highest BCUT2D eigenvalue weighted by Gasteiger charge is 2.24. The molecule has 106 valence electrons. The largest absolute Gasteiger partial charge is 0.355 e. The quantitative estimate of drug-likeness (QED) is 0.671. The van der Waals surface area contributed by atoms with Crippen molar-refractivity contribution in [3.05, 3.63) is 0 Å². The van der Waals surface area contributed by atoms with Crippen LogP contribution in [0, 0.1) is 5.92 Å². The first-order valence-electron chi connectivity index (χ1n) is 7.32. The minimum atomic E-state index is -0.0693. The maximum Gasteiger partial charge on any atom is 0.169 e. The van der Waals surface area contributed by atoms with Crippen LogP contribution in [0.5, 0.6) is 0 Å². The molecule has 2 heterocycles. The molecule has 2 aliphatic rings. The maximum atomic E-state index is 5.26. The lowest BCUT2D eigenvalue weighted by atomic mass is 9.96. The zero-order valence-electron chi connectivity index (χ0n) is 11.9. The molecule has 2 aliphatic heterocycles. The summed E-state index contributed by atoms with van der Waals surface area (Å²) in [6, 6.07) is 0. The van der Waals surface area contributed by atoms with E-state index in [-0.39, 0.29) is 6.29 Å². The molecule has 0 aromatic heterocycles. The molecule has 2 rings (SSSR count). The smallest absolute Gasteiger partial charge is 0.169 e. The Hall–Kier alpha value is -0.160. The molecule has 18 heavy (non-hydrogen) atoms.